The topological polar surface area (TPSA) is 41.6 Å². The fourth-order valence-corrected chi connectivity index (χ4v) is 1.97. The Morgan fingerprint density at radius 3 is 2.18 bits per heavy atom. The van der Waals surface area contributed by atoms with Gasteiger partial charge in [0.05, 0.1) is 18.2 Å². The lowest BCUT2D eigenvalue weighted by Gasteiger charge is -2.06. The third-order valence-electron chi connectivity index (χ3n) is 2.82. The number of nitrogens with one attached hydrogen (secondary N) is 1. The molecule has 0 fully saturated rings. The van der Waals surface area contributed by atoms with Gasteiger partial charge in [-0.2, -0.15) is 0 Å². The van der Waals surface area contributed by atoms with Crippen molar-refractivity contribution in [2.45, 2.75) is 47.5 Å². The molecule has 1 N–H and O–H groups in total. The number of H-pyrrole nitrogens is 1. The van der Waals surface area contributed by atoms with E-state index in [0.717, 1.165) is 5.69 Å². The summed E-state index contributed by atoms with van der Waals surface area (Å²) < 4.78 is 0. The number of rotatable bonds is 1. The Labute approximate surface area is 135 Å². The van der Waals surface area contributed by atoms with Crippen LogP contribution in [-0.4, -0.2) is 15.0 Å². The normalized spacial score (nSPS) is 9.50. The van der Waals surface area contributed by atoms with Gasteiger partial charge in [-0.1, -0.05) is 52.7 Å². The second-order valence-corrected chi connectivity index (χ2v) is 5.23. The number of fused-ring (bicyclic) bond motifs is 1. The van der Waals surface area contributed by atoms with E-state index in [-0.39, 0.29) is 1.43 Å². The molecule has 22 heavy (non-hydrogen) atoms. The summed E-state index contributed by atoms with van der Waals surface area (Å²) in [5.74, 6) is 0. The molecule has 0 amide bonds. The maximum atomic E-state index is 4.17. The Balaban J connectivity index is 0.000000610. The number of imidazole rings is 1. The van der Waals surface area contributed by atoms with E-state index in [1.165, 1.54) is 34.7 Å². The average Bonchev–Trinajstić information content (AvgIpc) is 3.04. The van der Waals surface area contributed by atoms with Crippen LogP contribution in [0.4, 0.5) is 0 Å². The minimum Gasteiger partial charge on any atom is -0.345 e. The van der Waals surface area contributed by atoms with Crippen LogP contribution in [0, 0.1) is 6.92 Å². The molecular weight excluding hydrogens is 270 g/mol. The van der Waals surface area contributed by atoms with E-state index in [0.29, 0.717) is 0 Å². The van der Waals surface area contributed by atoms with Gasteiger partial charge in [-0.3, -0.25) is 4.98 Å². The monoisotopic (exact) mass is 299 g/mol. The van der Waals surface area contributed by atoms with E-state index in [4.69, 9.17) is 0 Å². The van der Waals surface area contributed by atoms with E-state index in [2.05, 4.69) is 61.7 Å². The van der Waals surface area contributed by atoms with Crippen LogP contribution in [0.25, 0.3) is 22.0 Å². The number of aromatic nitrogens is 3. The van der Waals surface area contributed by atoms with E-state index in [1.54, 1.807) is 6.33 Å². The van der Waals surface area contributed by atoms with Crippen LogP contribution in [0.2, 0.25) is 0 Å². The number of nitrogens with zero attached hydrogens (tertiary/aromatic N) is 2. The lowest BCUT2D eigenvalue weighted by molar-refractivity contribution is 1.09. The molecule has 0 saturated carbocycles. The van der Waals surface area contributed by atoms with Crippen LogP contribution in [-0.2, 0) is 0 Å². The zero-order valence-corrected chi connectivity index (χ0v) is 14.4. The Kier molecular flexibility index (Phi) is 7.90. The minimum absolute atomic E-state index is 0. The number of hydrogen-bond donors (Lipinski definition) is 1. The number of benzene rings is 1. The molecule has 0 radical (unpaired) electrons. The lowest BCUT2D eigenvalue weighted by Crippen LogP contribution is -1.85. The highest BCUT2D eigenvalue weighted by atomic mass is 14.9. The molecule has 1 aromatic carbocycles. The first-order chi connectivity index (χ1) is 10.7. The van der Waals surface area contributed by atoms with Crippen LogP contribution in [0.3, 0.4) is 0 Å². The van der Waals surface area contributed by atoms with Crippen molar-refractivity contribution < 1.29 is 1.43 Å². The van der Waals surface area contributed by atoms with Crippen LogP contribution in [0.5, 0.6) is 0 Å². The molecule has 0 saturated heterocycles. The highest BCUT2D eigenvalue weighted by Gasteiger charge is 2.06. The maximum Gasteiger partial charge on any atom is 0.0924 e. The first-order valence-corrected chi connectivity index (χ1v) is 8.01. The van der Waals surface area contributed by atoms with Gasteiger partial charge in [-0.25, -0.2) is 4.98 Å². The van der Waals surface area contributed by atoms with Crippen LogP contribution in [0.1, 0.15) is 47.5 Å². The quantitative estimate of drug-likeness (QED) is 0.597. The summed E-state index contributed by atoms with van der Waals surface area (Å²) in [6, 6.07) is 6.27. The maximum absolute atomic E-state index is 4.17. The highest BCUT2D eigenvalue weighted by molar-refractivity contribution is 5.96. The van der Waals surface area contributed by atoms with Crippen molar-refractivity contribution in [1.82, 2.24) is 15.0 Å². The Morgan fingerprint density at radius 1 is 0.909 bits per heavy atom. The van der Waals surface area contributed by atoms with Gasteiger partial charge in [0.1, 0.15) is 0 Å². The van der Waals surface area contributed by atoms with Crippen molar-refractivity contribution in [3.8, 4) is 11.3 Å². The Morgan fingerprint density at radius 2 is 1.59 bits per heavy atom. The fourth-order valence-electron chi connectivity index (χ4n) is 1.97. The number of pyridine rings is 1. The Hall–Kier alpha value is -2.16. The molecule has 3 rings (SSSR count). The molecule has 2 heterocycles. The van der Waals surface area contributed by atoms with Gasteiger partial charge >= 0.3 is 0 Å². The van der Waals surface area contributed by atoms with Gasteiger partial charge in [0.2, 0.25) is 0 Å². The number of aromatic amines is 1. The van der Waals surface area contributed by atoms with Crippen molar-refractivity contribution in [1.29, 1.82) is 0 Å². The van der Waals surface area contributed by atoms with Crippen LogP contribution >= 0.6 is 0 Å². The summed E-state index contributed by atoms with van der Waals surface area (Å²) in [6.07, 6.45) is 9.76. The summed E-state index contributed by atoms with van der Waals surface area (Å²) >= 11 is 0. The van der Waals surface area contributed by atoms with Gasteiger partial charge in [-0.05, 0) is 23.9 Å². The second kappa shape index (κ2) is 9.72. The predicted octanol–water partition coefficient (Wildman–Crippen LogP) is 6.01. The summed E-state index contributed by atoms with van der Waals surface area (Å²) in [6.45, 7) is 10.6. The van der Waals surface area contributed by atoms with E-state index in [1.807, 2.05) is 24.7 Å². The number of aryl methyl sites for hydroxylation is 1. The van der Waals surface area contributed by atoms with Crippen molar-refractivity contribution in [3.05, 3.63) is 48.7 Å². The summed E-state index contributed by atoms with van der Waals surface area (Å²) in [7, 11) is 0. The highest BCUT2D eigenvalue weighted by Crippen LogP contribution is 2.28. The zero-order chi connectivity index (χ0) is 16.4. The molecular formula is C19H29N3. The molecule has 2 aromatic heterocycles. The summed E-state index contributed by atoms with van der Waals surface area (Å²) in [4.78, 5) is 11.4. The minimum atomic E-state index is 0. The van der Waals surface area contributed by atoms with Crippen molar-refractivity contribution >= 4 is 10.8 Å². The first-order valence-electron chi connectivity index (χ1n) is 8.01. The molecule has 120 valence electrons. The molecule has 3 nitrogen and oxygen atoms in total. The molecule has 0 unspecified atom stereocenters. The Bertz CT molecular complexity index is 661. The summed E-state index contributed by atoms with van der Waals surface area (Å²) in [5.41, 5.74) is 3.45. The van der Waals surface area contributed by atoms with Crippen molar-refractivity contribution in [3.63, 3.8) is 0 Å². The number of hydrogen-bond acceptors (Lipinski definition) is 2. The molecule has 0 aliphatic carbocycles. The van der Waals surface area contributed by atoms with Gasteiger partial charge < -0.3 is 4.98 Å². The van der Waals surface area contributed by atoms with Crippen LogP contribution < -0.4 is 0 Å². The smallest absolute Gasteiger partial charge is 0.0924 e. The van der Waals surface area contributed by atoms with E-state index < -0.39 is 0 Å². The third-order valence-corrected chi connectivity index (χ3v) is 2.82. The molecule has 0 atom stereocenters. The fraction of sp³-hybridized carbons (Fsp3) is 0.368. The van der Waals surface area contributed by atoms with E-state index in [9.17, 15) is 0 Å². The lowest BCUT2D eigenvalue weighted by atomic mass is 10.0. The van der Waals surface area contributed by atoms with Gasteiger partial charge in [0.25, 0.3) is 0 Å². The molecule has 0 bridgehead atoms. The molecule has 0 spiro atoms. The molecule has 3 heteroatoms. The largest absolute Gasteiger partial charge is 0.345 e. The van der Waals surface area contributed by atoms with Gasteiger partial charge in [-0.15, -0.1) is 0 Å². The third kappa shape index (κ3) is 4.69. The van der Waals surface area contributed by atoms with Gasteiger partial charge in [0, 0.05) is 24.8 Å². The standard InChI is InChI=1S/C13H11N3.2C3H8.H2/c1-9-2-3-11(13-7-15-8-16-13)10-4-5-14-6-12(9)10;2*1-3-2;/h2-8H,1H3,(H,15,16);2*3H2,1-2H3;1H. The molecule has 0 aliphatic heterocycles. The predicted molar refractivity (Wildman–Crippen MR) is 98.1 cm³/mol. The molecule has 3 aromatic rings. The average molecular weight is 299 g/mol. The molecule has 0 aliphatic rings. The zero-order valence-electron chi connectivity index (χ0n) is 14.4. The second-order valence-electron chi connectivity index (χ2n) is 5.23. The van der Waals surface area contributed by atoms with Crippen molar-refractivity contribution in [2.24, 2.45) is 0 Å². The van der Waals surface area contributed by atoms with E-state index >= 15 is 0 Å². The summed E-state index contributed by atoms with van der Waals surface area (Å²) in [5, 5.41) is 2.40. The SMILES string of the molecule is CCC.CCC.Cc1ccc(-c2cnc[nH]2)c2ccncc12.[HH]. The first kappa shape index (κ1) is 17.9. The van der Waals surface area contributed by atoms with Gasteiger partial charge in [0.15, 0.2) is 0 Å². The van der Waals surface area contributed by atoms with Crippen molar-refractivity contribution in [2.75, 3.05) is 0 Å². The van der Waals surface area contributed by atoms with Crippen LogP contribution in [0.15, 0.2) is 43.1 Å².